The van der Waals surface area contributed by atoms with Crippen LogP contribution in [0, 0.1) is 6.92 Å². The first-order chi connectivity index (χ1) is 11.4. The zero-order chi connectivity index (χ0) is 17.6. The normalized spacial score (nSPS) is 12.6. The van der Waals surface area contributed by atoms with Crippen LogP contribution in [0.3, 0.4) is 0 Å². The van der Waals surface area contributed by atoms with Crippen LogP contribution in [0.4, 0.5) is 0 Å². The molecule has 5 nitrogen and oxygen atoms in total. The third-order valence-electron chi connectivity index (χ3n) is 3.68. The first kappa shape index (κ1) is 18.2. The second-order valence-corrected chi connectivity index (χ2v) is 7.25. The quantitative estimate of drug-likeness (QED) is 0.781. The van der Waals surface area contributed by atoms with Crippen molar-refractivity contribution in [2.24, 2.45) is 0 Å². The number of methoxy groups -OCH3 is 1. The number of sulfonamides is 1. The molecule has 0 saturated carbocycles. The molecule has 0 aliphatic heterocycles. The molecule has 128 valence electrons. The summed E-state index contributed by atoms with van der Waals surface area (Å²) in [5.74, 6) is -0.596. The molecule has 0 radical (unpaired) electrons. The van der Waals surface area contributed by atoms with Crippen LogP contribution < -0.4 is 4.72 Å². The molecule has 0 bridgehead atoms. The average molecular weight is 347 g/mol. The van der Waals surface area contributed by atoms with E-state index in [-0.39, 0.29) is 4.90 Å². The minimum Gasteiger partial charge on any atom is -0.468 e. The Morgan fingerprint density at radius 1 is 1.08 bits per heavy atom. The minimum absolute atomic E-state index is 0.127. The average Bonchev–Trinajstić information content (AvgIpc) is 2.59. The summed E-state index contributed by atoms with van der Waals surface area (Å²) < 4.78 is 32.1. The highest BCUT2D eigenvalue weighted by atomic mass is 32.2. The van der Waals surface area contributed by atoms with Gasteiger partial charge in [-0.05, 0) is 37.5 Å². The Morgan fingerprint density at radius 3 is 2.29 bits per heavy atom. The number of nitrogens with one attached hydrogen (secondary N) is 1. The summed E-state index contributed by atoms with van der Waals surface area (Å²) in [6.45, 7) is 1.88. The van der Waals surface area contributed by atoms with Crippen LogP contribution in [0.25, 0.3) is 0 Å². The van der Waals surface area contributed by atoms with Crippen molar-refractivity contribution in [1.82, 2.24) is 4.72 Å². The number of esters is 1. The predicted octanol–water partition coefficient (Wildman–Crippen LogP) is 2.45. The van der Waals surface area contributed by atoms with E-state index in [0.29, 0.717) is 12.8 Å². The predicted molar refractivity (Wildman–Crippen MR) is 92.1 cm³/mol. The van der Waals surface area contributed by atoms with Gasteiger partial charge in [-0.3, -0.25) is 4.79 Å². The molecule has 0 saturated heterocycles. The number of carbonyl (C=O) groups excluding carboxylic acids is 1. The van der Waals surface area contributed by atoms with Gasteiger partial charge in [-0.1, -0.05) is 48.0 Å². The third kappa shape index (κ3) is 4.91. The highest BCUT2D eigenvalue weighted by Gasteiger charge is 2.26. The molecule has 0 aromatic heterocycles. The van der Waals surface area contributed by atoms with Gasteiger partial charge in [0.1, 0.15) is 6.04 Å². The van der Waals surface area contributed by atoms with E-state index >= 15 is 0 Å². The van der Waals surface area contributed by atoms with Crippen molar-refractivity contribution in [3.05, 3.63) is 65.7 Å². The van der Waals surface area contributed by atoms with Crippen molar-refractivity contribution >= 4 is 16.0 Å². The zero-order valence-electron chi connectivity index (χ0n) is 13.7. The molecule has 1 atom stereocenters. The number of carbonyl (C=O) groups is 1. The van der Waals surface area contributed by atoms with Gasteiger partial charge >= 0.3 is 5.97 Å². The molecular formula is C18H21NO4S. The Kier molecular flexibility index (Phi) is 6.11. The number of benzene rings is 2. The number of hydrogen-bond donors (Lipinski definition) is 1. The van der Waals surface area contributed by atoms with Gasteiger partial charge in [0.15, 0.2) is 0 Å². The lowest BCUT2D eigenvalue weighted by Gasteiger charge is -2.17. The highest BCUT2D eigenvalue weighted by molar-refractivity contribution is 7.89. The molecular weight excluding hydrogens is 326 g/mol. The van der Waals surface area contributed by atoms with E-state index in [1.807, 2.05) is 37.3 Å². The maximum absolute atomic E-state index is 12.5. The Morgan fingerprint density at radius 2 is 1.71 bits per heavy atom. The molecule has 0 aliphatic carbocycles. The highest BCUT2D eigenvalue weighted by Crippen LogP contribution is 2.13. The number of hydrogen-bond acceptors (Lipinski definition) is 4. The van der Waals surface area contributed by atoms with E-state index in [2.05, 4.69) is 4.72 Å². The van der Waals surface area contributed by atoms with E-state index in [4.69, 9.17) is 4.74 Å². The molecule has 2 aromatic rings. The molecule has 2 rings (SSSR count). The Bertz CT molecular complexity index is 770. The summed E-state index contributed by atoms with van der Waals surface area (Å²) in [7, 11) is -2.54. The summed E-state index contributed by atoms with van der Waals surface area (Å²) in [6.07, 6.45) is 0.888. The second-order valence-electron chi connectivity index (χ2n) is 5.53. The minimum atomic E-state index is -3.79. The lowest BCUT2D eigenvalue weighted by Crippen LogP contribution is -2.41. The molecule has 0 spiro atoms. The van der Waals surface area contributed by atoms with Crippen molar-refractivity contribution in [2.75, 3.05) is 7.11 Å². The van der Waals surface area contributed by atoms with Gasteiger partial charge in [0.2, 0.25) is 10.0 Å². The fourth-order valence-corrected chi connectivity index (χ4v) is 3.51. The molecule has 24 heavy (non-hydrogen) atoms. The lowest BCUT2D eigenvalue weighted by molar-refractivity contribution is -0.142. The van der Waals surface area contributed by atoms with Crippen LogP contribution in [0.1, 0.15) is 17.5 Å². The first-order valence-electron chi connectivity index (χ1n) is 7.63. The molecule has 0 unspecified atom stereocenters. The molecule has 0 fully saturated rings. The van der Waals surface area contributed by atoms with Crippen LogP contribution in [0.5, 0.6) is 0 Å². The van der Waals surface area contributed by atoms with E-state index in [0.717, 1.165) is 11.1 Å². The summed E-state index contributed by atoms with van der Waals surface area (Å²) in [6, 6.07) is 15.1. The summed E-state index contributed by atoms with van der Waals surface area (Å²) >= 11 is 0. The van der Waals surface area contributed by atoms with Crippen LogP contribution in [-0.4, -0.2) is 27.5 Å². The first-order valence-corrected chi connectivity index (χ1v) is 9.11. The fourth-order valence-electron chi connectivity index (χ4n) is 2.30. The van der Waals surface area contributed by atoms with Crippen LogP contribution in [0.2, 0.25) is 0 Å². The van der Waals surface area contributed by atoms with Crippen molar-refractivity contribution < 1.29 is 17.9 Å². The van der Waals surface area contributed by atoms with Gasteiger partial charge in [-0.15, -0.1) is 0 Å². The summed E-state index contributed by atoms with van der Waals surface area (Å²) in [5, 5.41) is 0. The van der Waals surface area contributed by atoms with Gasteiger partial charge in [0, 0.05) is 0 Å². The number of ether oxygens (including phenoxy) is 1. The Labute approximate surface area is 142 Å². The summed E-state index contributed by atoms with van der Waals surface area (Å²) in [5.41, 5.74) is 1.99. The smallest absolute Gasteiger partial charge is 0.323 e. The molecule has 2 aromatic carbocycles. The molecule has 0 aliphatic rings. The lowest BCUT2D eigenvalue weighted by atomic mass is 10.1. The standard InChI is InChI=1S/C18H21NO4S/c1-14-8-11-16(12-9-14)24(21,22)19-17(18(20)23-2)13-10-15-6-4-3-5-7-15/h3-9,11-12,17,19H,10,13H2,1-2H3/t17-/m0/s1. The Hall–Kier alpha value is -2.18. The number of aryl methyl sites for hydroxylation is 2. The summed E-state index contributed by atoms with van der Waals surface area (Å²) in [4.78, 5) is 12.1. The topological polar surface area (TPSA) is 72.5 Å². The monoisotopic (exact) mass is 347 g/mol. The third-order valence-corrected chi connectivity index (χ3v) is 5.17. The van der Waals surface area contributed by atoms with Crippen molar-refractivity contribution in [2.45, 2.75) is 30.7 Å². The maximum atomic E-state index is 12.5. The van der Waals surface area contributed by atoms with Gasteiger partial charge in [-0.2, -0.15) is 4.72 Å². The van der Waals surface area contributed by atoms with Crippen LogP contribution >= 0.6 is 0 Å². The van der Waals surface area contributed by atoms with Crippen LogP contribution in [-0.2, 0) is 26.0 Å². The van der Waals surface area contributed by atoms with E-state index < -0.39 is 22.0 Å². The second kappa shape index (κ2) is 8.08. The molecule has 0 amide bonds. The van der Waals surface area contributed by atoms with Crippen molar-refractivity contribution in [3.63, 3.8) is 0 Å². The van der Waals surface area contributed by atoms with Gasteiger partial charge in [-0.25, -0.2) is 8.42 Å². The van der Waals surface area contributed by atoms with Gasteiger partial charge in [0.25, 0.3) is 0 Å². The van der Waals surface area contributed by atoms with E-state index in [9.17, 15) is 13.2 Å². The maximum Gasteiger partial charge on any atom is 0.323 e. The van der Waals surface area contributed by atoms with Gasteiger partial charge < -0.3 is 4.74 Å². The molecule has 1 N–H and O–H groups in total. The largest absolute Gasteiger partial charge is 0.468 e. The van der Waals surface area contributed by atoms with Crippen molar-refractivity contribution in [1.29, 1.82) is 0 Å². The SMILES string of the molecule is COC(=O)[C@H](CCc1ccccc1)NS(=O)(=O)c1ccc(C)cc1. The molecule has 0 heterocycles. The van der Waals surface area contributed by atoms with E-state index in [1.165, 1.54) is 19.2 Å². The molecule has 6 heteroatoms. The Balaban J connectivity index is 2.13. The fraction of sp³-hybridized carbons (Fsp3) is 0.278. The zero-order valence-corrected chi connectivity index (χ0v) is 14.5. The van der Waals surface area contributed by atoms with Gasteiger partial charge in [0.05, 0.1) is 12.0 Å². The number of rotatable bonds is 7. The van der Waals surface area contributed by atoms with Crippen molar-refractivity contribution in [3.8, 4) is 0 Å². The van der Waals surface area contributed by atoms with E-state index in [1.54, 1.807) is 12.1 Å². The van der Waals surface area contributed by atoms with Crippen LogP contribution in [0.15, 0.2) is 59.5 Å².